The third-order valence-electron chi connectivity index (χ3n) is 3.90. The number of carbonyl (C=O) groups excluding carboxylic acids is 1. The molecule has 1 fully saturated rings. The predicted octanol–water partition coefficient (Wildman–Crippen LogP) is 2.86. The van der Waals surface area contributed by atoms with Crippen LogP contribution in [-0.4, -0.2) is 25.0 Å². The first-order chi connectivity index (χ1) is 9.29. The van der Waals surface area contributed by atoms with E-state index in [1.807, 2.05) is 6.07 Å². The van der Waals surface area contributed by atoms with Gasteiger partial charge in [0, 0.05) is 24.9 Å². The van der Waals surface area contributed by atoms with Gasteiger partial charge in [-0.25, -0.2) is 0 Å². The van der Waals surface area contributed by atoms with Gasteiger partial charge in [-0.3, -0.25) is 4.79 Å². The molecular weight excluding hydrogens is 272 g/mol. The van der Waals surface area contributed by atoms with Crippen LogP contribution in [0.5, 0.6) is 0 Å². The molecule has 2 atom stereocenters. The Labute approximate surface area is 127 Å². The van der Waals surface area contributed by atoms with Crippen molar-refractivity contribution in [1.82, 2.24) is 10.6 Å². The average molecular weight is 297 g/mol. The molecular formula is C16H25ClN2O. The third-order valence-corrected chi connectivity index (χ3v) is 3.90. The summed E-state index contributed by atoms with van der Waals surface area (Å²) in [6.45, 7) is 3.97. The quantitative estimate of drug-likeness (QED) is 0.847. The highest BCUT2D eigenvalue weighted by Crippen LogP contribution is 2.18. The Balaban J connectivity index is 0.00000200. The first kappa shape index (κ1) is 17.0. The van der Waals surface area contributed by atoms with E-state index in [9.17, 15) is 4.79 Å². The molecule has 0 bridgehead atoms. The Kier molecular flexibility index (Phi) is 7.63. The molecule has 0 spiro atoms. The van der Waals surface area contributed by atoms with Crippen molar-refractivity contribution in [2.45, 2.75) is 44.6 Å². The fourth-order valence-corrected chi connectivity index (χ4v) is 2.69. The van der Waals surface area contributed by atoms with E-state index in [2.05, 4.69) is 41.8 Å². The third kappa shape index (κ3) is 5.14. The van der Waals surface area contributed by atoms with Crippen LogP contribution in [0.1, 0.15) is 44.1 Å². The van der Waals surface area contributed by atoms with Gasteiger partial charge in [-0.1, -0.05) is 37.3 Å². The maximum Gasteiger partial charge on any atom is 0.221 e. The van der Waals surface area contributed by atoms with Crippen LogP contribution in [0.15, 0.2) is 30.3 Å². The van der Waals surface area contributed by atoms with Gasteiger partial charge in [0.05, 0.1) is 0 Å². The van der Waals surface area contributed by atoms with Crippen molar-refractivity contribution in [3.05, 3.63) is 35.9 Å². The predicted molar refractivity (Wildman–Crippen MR) is 85.4 cm³/mol. The summed E-state index contributed by atoms with van der Waals surface area (Å²) >= 11 is 0. The lowest BCUT2D eigenvalue weighted by molar-refractivity contribution is -0.121. The SMILES string of the molecule is CCC(CNC(=O)CC1CCCN1)c1ccccc1.Cl. The van der Waals surface area contributed by atoms with Crippen LogP contribution in [0.4, 0.5) is 0 Å². The van der Waals surface area contributed by atoms with Gasteiger partial charge in [-0.2, -0.15) is 0 Å². The Bertz CT molecular complexity index is 391. The molecule has 2 N–H and O–H groups in total. The highest BCUT2D eigenvalue weighted by molar-refractivity contribution is 5.85. The highest BCUT2D eigenvalue weighted by atomic mass is 35.5. The lowest BCUT2D eigenvalue weighted by atomic mass is 9.96. The van der Waals surface area contributed by atoms with E-state index in [-0.39, 0.29) is 18.3 Å². The Hall–Kier alpha value is -1.06. The minimum absolute atomic E-state index is 0. The molecule has 0 aliphatic carbocycles. The van der Waals surface area contributed by atoms with E-state index in [1.54, 1.807) is 0 Å². The van der Waals surface area contributed by atoms with Crippen molar-refractivity contribution in [2.75, 3.05) is 13.1 Å². The molecule has 1 aromatic rings. The van der Waals surface area contributed by atoms with Gasteiger partial charge >= 0.3 is 0 Å². The van der Waals surface area contributed by atoms with Crippen molar-refractivity contribution in [2.24, 2.45) is 0 Å². The van der Waals surface area contributed by atoms with Crippen molar-refractivity contribution < 1.29 is 4.79 Å². The molecule has 1 heterocycles. The molecule has 1 aliphatic rings. The number of rotatable bonds is 6. The Morgan fingerprint density at radius 2 is 2.15 bits per heavy atom. The summed E-state index contributed by atoms with van der Waals surface area (Å²) < 4.78 is 0. The molecule has 0 saturated carbocycles. The molecule has 20 heavy (non-hydrogen) atoms. The van der Waals surface area contributed by atoms with Gasteiger partial charge in [-0.05, 0) is 31.4 Å². The number of hydrogen-bond acceptors (Lipinski definition) is 2. The normalized spacial score (nSPS) is 19.1. The molecule has 0 aromatic heterocycles. The first-order valence-electron chi connectivity index (χ1n) is 7.34. The van der Waals surface area contributed by atoms with E-state index < -0.39 is 0 Å². The van der Waals surface area contributed by atoms with Crippen molar-refractivity contribution in [3.8, 4) is 0 Å². The molecule has 0 radical (unpaired) electrons. The van der Waals surface area contributed by atoms with Crippen LogP contribution in [0.25, 0.3) is 0 Å². The number of amides is 1. The summed E-state index contributed by atoms with van der Waals surface area (Å²) in [7, 11) is 0. The molecule has 1 saturated heterocycles. The molecule has 112 valence electrons. The minimum atomic E-state index is 0. The van der Waals surface area contributed by atoms with Crippen LogP contribution in [-0.2, 0) is 4.79 Å². The monoisotopic (exact) mass is 296 g/mol. The van der Waals surface area contributed by atoms with Gasteiger partial charge < -0.3 is 10.6 Å². The smallest absolute Gasteiger partial charge is 0.221 e. The molecule has 2 unspecified atom stereocenters. The molecule has 3 nitrogen and oxygen atoms in total. The first-order valence-corrected chi connectivity index (χ1v) is 7.34. The number of benzene rings is 1. The topological polar surface area (TPSA) is 41.1 Å². The van der Waals surface area contributed by atoms with Gasteiger partial charge in [-0.15, -0.1) is 12.4 Å². The van der Waals surface area contributed by atoms with Crippen LogP contribution in [0, 0.1) is 0 Å². The molecule has 2 rings (SSSR count). The summed E-state index contributed by atoms with van der Waals surface area (Å²) in [4.78, 5) is 11.9. The fourth-order valence-electron chi connectivity index (χ4n) is 2.69. The van der Waals surface area contributed by atoms with E-state index >= 15 is 0 Å². The maximum atomic E-state index is 11.9. The van der Waals surface area contributed by atoms with Crippen molar-refractivity contribution in [3.63, 3.8) is 0 Å². The van der Waals surface area contributed by atoms with Gasteiger partial charge in [0.25, 0.3) is 0 Å². The van der Waals surface area contributed by atoms with E-state index in [0.717, 1.165) is 25.9 Å². The summed E-state index contributed by atoms with van der Waals surface area (Å²) in [5, 5.41) is 6.44. The number of carbonyl (C=O) groups is 1. The Morgan fingerprint density at radius 3 is 2.75 bits per heavy atom. The second-order valence-corrected chi connectivity index (χ2v) is 5.32. The van der Waals surface area contributed by atoms with E-state index in [1.165, 1.54) is 12.0 Å². The zero-order chi connectivity index (χ0) is 13.5. The minimum Gasteiger partial charge on any atom is -0.355 e. The average Bonchev–Trinajstić information content (AvgIpc) is 2.93. The second-order valence-electron chi connectivity index (χ2n) is 5.32. The number of halogens is 1. The van der Waals surface area contributed by atoms with Crippen molar-refractivity contribution >= 4 is 18.3 Å². The summed E-state index contributed by atoms with van der Waals surface area (Å²) in [6.07, 6.45) is 3.99. The van der Waals surface area contributed by atoms with Crippen molar-refractivity contribution in [1.29, 1.82) is 0 Å². The summed E-state index contributed by atoms with van der Waals surface area (Å²) in [5.74, 6) is 0.593. The lowest BCUT2D eigenvalue weighted by Gasteiger charge is -2.17. The fraction of sp³-hybridized carbons (Fsp3) is 0.562. The van der Waals surface area contributed by atoms with Gasteiger partial charge in [0.1, 0.15) is 0 Å². The van der Waals surface area contributed by atoms with Crippen LogP contribution < -0.4 is 10.6 Å². The highest BCUT2D eigenvalue weighted by Gasteiger charge is 2.18. The zero-order valence-electron chi connectivity index (χ0n) is 12.1. The largest absolute Gasteiger partial charge is 0.355 e. The second kappa shape index (κ2) is 8.98. The van der Waals surface area contributed by atoms with E-state index in [0.29, 0.717) is 18.4 Å². The summed E-state index contributed by atoms with van der Waals surface area (Å²) in [6, 6.07) is 10.8. The molecule has 1 aliphatic heterocycles. The van der Waals surface area contributed by atoms with Crippen LogP contribution >= 0.6 is 12.4 Å². The van der Waals surface area contributed by atoms with Crippen LogP contribution in [0.3, 0.4) is 0 Å². The maximum absolute atomic E-state index is 11.9. The number of nitrogens with one attached hydrogen (secondary N) is 2. The van der Waals surface area contributed by atoms with Gasteiger partial charge in [0.2, 0.25) is 5.91 Å². The standard InChI is InChI=1S/C16H24N2O.ClH/c1-2-13(14-7-4-3-5-8-14)12-18-16(19)11-15-9-6-10-17-15;/h3-5,7-8,13,15,17H,2,6,9-12H2,1H3,(H,18,19);1H. The number of hydrogen-bond donors (Lipinski definition) is 2. The van der Waals surface area contributed by atoms with E-state index in [4.69, 9.17) is 0 Å². The summed E-state index contributed by atoms with van der Waals surface area (Å²) in [5.41, 5.74) is 1.31. The zero-order valence-corrected chi connectivity index (χ0v) is 12.9. The molecule has 1 aromatic carbocycles. The van der Waals surface area contributed by atoms with Crippen LogP contribution in [0.2, 0.25) is 0 Å². The molecule has 4 heteroatoms. The Morgan fingerprint density at radius 1 is 1.40 bits per heavy atom. The lowest BCUT2D eigenvalue weighted by Crippen LogP contribution is -2.34. The van der Waals surface area contributed by atoms with Gasteiger partial charge in [0.15, 0.2) is 0 Å². The molecule has 1 amide bonds.